The first-order chi connectivity index (χ1) is 12.1. The van der Waals surface area contributed by atoms with E-state index in [-0.39, 0.29) is 17.7 Å². The number of benzene rings is 1. The van der Waals surface area contributed by atoms with Crippen LogP contribution in [0, 0.1) is 0 Å². The van der Waals surface area contributed by atoms with Gasteiger partial charge in [-0.2, -0.15) is 0 Å². The van der Waals surface area contributed by atoms with Crippen molar-refractivity contribution in [2.75, 3.05) is 6.54 Å². The Morgan fingerprint density at radius 3 is 2.64 bits per heavy atom. The molecule has 3 rings (SSSR count). The number of carbonyl (C=O) groups excluding carboxylic acids is 1. The second kappa shape index (κ2) is 7.46. The third-order valence-corrected chi connectivity index (χ3v) is 4.84. The van der Waals surface area contributed by atoms with Gasteiger partial charge in [-0.25, -0.2) is 0 Å². The summed E-state index contributed by atoms with van der Waals surface area (Å²) in [7, 11) is 1.59. The molecule has 0 aliphatic carbocycles. The highest BCUT2D eigenvalue weighted by atomic mass is 32.1. The maximum atomic E-state index is 12.1. The first-order valence-electron chi connectivity index (χ1n) is 7.82. The average molecular weight is 354 g/mol. The second-order valence-electron chi connectivity index (χ2n) is 5.66. The number of aryl methyl sites for hydroxylation is 1. The van der Waals surface area contributed by atoms with Gasteiger partial charge in [0.1, 0.15) is 5.56 Å². The van der Waals surface area contributed by atoms with Crippen molar-refractivity contribution in [2.24, 2.45) is 7.05 Å². The van der Waals surface area contributed by atoms with Crippen LogP contribution in [0.5, 0.6) is 0 Å². The van der Waals surface area contributed by atoms with Crippen LogP contribution in [0.3, 0.4) is 0 Å². The zero-order chi connectivity index (χ0) is 17.8. The fourth-order valence-electron chi connectivity index (χ4n) is 2.48. The monoisotopic (exact) mass is 354 g/mol. The van der Waals surface area contributed by atoms with Gasteiger partial charge in [0.2, 0.25) is 0 Å². The van der Waals surface area contributed by atoms with Gasteiger partial charge in [-0.05, 0) is 34.7 Å². The van der Waals surface area contributed by atoms with Crippen molar-refractivity contribution in [3.05, 3.63) is 81.6 Å². The maximum absolute atomic E-state index is 12.1. The van der Waals surface area contributed by atoms with Gasteiger partial charge in [0, 0.05) is 24.7 Å². The van der Waals surface area contributed by atoms with Gasteiger partial charge in [0.05, 0.1) is 6.10 Å². The van der Waals surface area contributed by atoms with E-state index in [2.05, 4.69) is 5.32 Å². The fraction of sp³-hybridized carbons (Fsp3) is 0.158. The molecule has 0 saturated carbocycles. The molecule has 0 aliphatic heterocycles. The lowest BCUT2D eigenvalue weighted by molar-refractivity contribution is 0.0914. The number of amides is 1. The number of rotatable bonds is 5. The summed E-state index contributed by atoms with van der Waals surface area (Å²) in [6.45, 7) is 0.0369. The normalized spacial score (nSPS) is 11.9. The van der Waals surface area contributed by atoms with Crippen molar-refractivity contribution in [3.8, 4) is 10.4 Å². The maximum Gasteiger partial charge on any atom is 0.263 e. The van der Waals surface area contributed by atoms with E-state index in [0.29, 0.717) is 5.56 Å². The quantitative estimate of drug-likeness (QED) is 0.740. The van der Waals surface area contributed by atoms with Gasteiger partial charge in [-0.15, -0.1) is 11.3 Å². The number of nitrogens with one attached hydrogen (secondary N) is 1. The number of nitrogens with zero attached hydrogens (tertiary/aromatic N) is 1. The molecule has 2 N–H and O–H groups in total. The Labute approximate surface area is 149 Å². The van der Waals surface area contributed by atoms with Crippen LogP contribution in [-0.2, 0) is 7.05 Å². The summed E-state index contributed by atoms with van der Waals surface area (Å²) in [6.07, 6.45) is 0.747. The minimum absolute atomic E-state index is 0.0369. The zero-order valence-corrected chi connectivity index (χ0v) is 14.5. The third kappa shape index (κ3) is 3.87. The molecule has 2 aromatic heterocycles. The summed E-state index contributed by atoms with van der Waals surface area (Å²) < 4.78 is 1.34. The van der Waals surface area contributed by atoms with Crippen LogP contribution in [0.25, 0.3) is 10.4 Å². The lowest BCUT2D eigenvalue weighted by Crippen LogP contribution is -2.34. The van der Waals surface area contributed by atoms with Gasteiger partial charge in [0.15, 0.2) is 0 Å². The highest BCUT2D eigenvalue weighted by Crippen LogP contribution is 2.25. The smallest absolute Gasteiger partial charge is 0.263 e. The van der Waals surface area contributed by atoms with Crippen molar-refractivity contribution in [3.63, 3.8) is 0 Å². The molecular weight excluding hydrogens is 336 g/mol. The second-order valence-corrected chi connectivity index (χ2v) is 6.61. The lowest BCUT2D eigenvalue weighted by Gasteiger charge is -2.13. The number of thiophene rings is 1. The van der Waals surface area contributed by atoms with E-state index < -0.39 is 12.0 Å². The van der Waals surface area contributed by atoms with Crippen LogP contribution < -0.4 is 10.9 Å². The summed E-state index contributed by atoms with van der Waals surface area (Å²) in [4.78, 5) is 25.2. The van der Waals surface area contributed by atoms with Gasteiger partial charge >= 0.3 is 0 Å². The van der Waals surface area contributed by atoms with Crippen molar-refractivity contribution >= 4 is 17.2 Å². The molecule has 0 radical (unpaired) electrons. The Morgan fingerprint density at radius 2 is 1.96 bits per heavy atom. The number of hydrogen-bond donors (Lipinski definition) is 2. The molecule has 1 amide bonds. The molecule has 1 aromatic carbocycles. The first kappa shape index (κ1) is 17.1. The van der Waals surface area contributed by atoms with Crippen LogP contribution >= 0.6 is 11.3 Å². The Morgan fingerprint density at radius 1 is 1.20 bits per heavy atom. The van der Waals surface area contributed by atoms with Crippen LogP contribution in [0.15, 0.2) is 64.9 Å². The van der Waals surface area contributed by atoms with E-state index in [1.54, 1.807) is 30.6 Å². The molecule has 128 valence electrons. The SMILES string of the molecule is Cn1cccc(C(=O)NCC(O)c2ccc(-c3cccs3)cc2)c1=O. The molecule has 1 atom stereocenters. The molecular formula is C19H18N2O3S. The van der Waals surface area contributed by atoms with Crippen molar-refractivity contribution < 1.29 is 9.90 Å². The molecule has 1 unspecified atom stereocenters. The van der Waals surface area contributed by atoms with E-state index in [1.165, 1.54) is 10.6 Å². The molecule has 0 aliphatic rings. The van der Waals surface area contributed by atoms with Gasteiger partial charge in [0.25, 0.3) is 11.5 Å². The van der Waals surface area contributed by atoms with E-state index in [4.69, 9.17) is 0 Å². The first-order valence-corrected chi connectivity index (χ1v) is 8.70. The fourth-order valence-corrected chi connectivity index (χ4v) is 3.22. The summed E-state index contributed by atoms with van der Waals surface area (Å²) in [6, 6.07) is 14.7. The van der Waals surface area contributed by atoms with E-state index in [0.717, 1.165) is 10.4 Å². The Balaban J connectivity index is 1.64. The number of pyridine rings is 1. The number of aliphatic hydroxyl groups excluding tert-OH is 1. The van der Waals surface area contributed by atoms with E-state index in [9.17, 15) is 14.7 Å². The number of aliphatic hydroxyl groups is 1. The standard InChI is InChI=1S/C19H18N2O3S/c1-21-10-2-4-15(19(21)24)18(23)20-12-16(22)13-6-8-14(9-7-13)17-5-3-11-25-17/h2-11,16,22H,12H2,1H3,(H,20,23). The molecule has 3 aromatic rings. The largest absolute Gasteiger partial charge is 0.387 e. The zero-order valence-electron chi connectivity index (χ0n) is 13.7. The van der Waals surface area contributed by atoms with Gasteiger partial charge in [-0.3, -0.25) is 9.59 Å². The van der Waals surface area contributed by atoms with Gasteiger partial charge in [-0.1, -0.05) is 30.3 Å². The molecule has 0 fully saturated rings. The molecule has 0 spiro atoms. The molecule has 2 heterocycles. The van der Waals surface area contributed by atoms with E-state index >= 15 is 0 Å². The van der Waals surface area contributed by atoms with Crippen LogP contribution in [0.2, 0.25) is 0 Å². The Kier molecular flexibility index (Phi) is 5.11. The topological polar surface area (TPSA) is 71.3 Å². The summed E-state index contributed by atoms with van der Waals surface area (Å²) >= 11 is 1.65. The summed E-state index contributed by atoms with van der Waals surface area (Å²) in [5.41, 5.74) is 1.49. The molecule has 5 nitrogen and oxygen atoms in total. The highest BCUT2D eigenvalue weighted by Gasteiger charge is 2.14. The van der Waals surface area contributed by atoms with Crippen molar-refractivity contribution in [1.29, 1.82) is 0 Å². The van der Waals surface area contributed by atoms with Crippen LogP contribution in [0.1, 0.15) is 22.0 Å². The third-order valence-electron chi connectivity index (χ3n) is 3.93. The van der Waals surface area contributed by atoms with Gasteiger partial charge < -0.3 is 15.0 Å². The van der Waals surface area contributed by atoms with E-state index in [1.807, 2.05) is 41.8 Å². The molecule has 6 heteroatoms. The average Bonchev–Trinajstić information content (AvgIpc) is 3.16. The highest BCUT2D eigenvalue weighted by molar-refractivity contribution is 7.13. The van der Waals surface area contributed by atoms with Crippen LogP contribution in [0.4, 0.5) is 0 Å². The number of carbonyl (C=O) groups is 1. The predicted molar refractivity (Wildman–Crippen MR) is 98.7 cm³/mol. The molecule has 0 saturated heterocycles. The molecule has 25 heavy (non-hydrogen) atoms. The van der Waals surface area contributed by atoms with Crippen molar-refractivity contribution in [2.45, 2.75) is 6.10 Å². The minimum Gasteiger partial charge on any atom is -0.387 e. The lowest BCUT2D eigenvalue weighted by atomic mass is 10.1. The Bertz CT molecular complexity index is 915. The van der Waals surface area contributed by atoms with Crippen LogP contribution in [-0.4, -0.2) is 22.1 Å². The number of aromatic nitrogens is 1. The number of hydrogen-bond acceptors (Lipinski definition) is 4. The summed E-state index contributed by atoms with van der Waals surface area (Å²) in [5.74, 6) is -0.490. The molecule has 0 bridgehead atoms. The minimum atomic E-state index is -0.839. The summed E-state index contributed by atoms with van der Waals surface area (Å²) in [5, 5.41) is 14.9. The predicted octanol–water partition coefficient (Wildman–Crippen LogP) is 2.58. The van der Waals surface area contributed by atoms with Crippen molar-refractivity contribution in [1.82, 2.24) is 9.88 Å². The Hall–Kier alpha value is -2.70.